The van der Waals surface area contributed by atoms with E-state index in [1.165, 1.54) is 12.8 Å². The highest BCUT2D eigenvalue weighted by atomic mass is 16.2. The fourth-order valence-electron chi connectivity index (χ4n) is 2.20. The first-order chi connectivity index (χ1) is 7.16. The number of rotatable bonds is 4. The zero-order valence-electron chi connectivity index (χ0n) is 9.70. The number of nitriles is 1. The molecular weight excluding hydrogens is 188 g/mol. The van der Waals surface area contributed by atoms with E-state index in [9.17, 15) is 4.79 Å². The molecule has 0 saturated heterocycles. The number of hydrogen-bond donors (Lipinski definition) is 0. The first-order valence-electron chi connectivity index (χ1n) is 5.84. The summed E-state index contributed by atoms with van der Waals surface area (Å²) in [6, 6.07) is 2.32. The summed E-state index contributed by atoms with van der Waals surface area (Å²) in [5.74, 6) is 0.490. The molecule has 1 rings (SSSR count). The SMILES string of the molecule is CC(C)N(CCC#N)C(=O)C1CCCC1. The number of amides is 1. The summed E-state index contributed by atoms with van der Waals surface area (Å²) in [5.41, 5.74) is 0. The fraction of sp³-hybridized carbons (Fsp3) is 0.833. The van der Waals surface area contributed by atoms with Gasteiger partial charge in [0.1, 0.15) is 0 Å². The lowest BCUT2D eigenvalue weighted by atomic mass is 10.1. The Morgan fingerprint density at radius 3 is 2.53 bits per heavy atom. The summed E-state index contributed by atoms with van der Waals surface area (Å²) < 4.78 is 0. The third-order valence-electron chi connectivity index (χ3n) is 3.08. The van der Waals surface area contributed by atoms with Crippen LogP contribution in [0, 0.1) is 17.2 Å². The lowest BCUT2D eigenvalue weighted by Crippen LogP contribution is -2.40. The van der Waals surface area contributed by atoms with Crippen LogP contribution in [0.25, 0.3) is 0 Å². The third kappa shape index (κ3) is 3.23. The van der Waals surface area contributed by atoms with Crippen LogP contribution in [-0.2, 0) is 4.79 Å². The fourth-order valence-corrected chi connectivity index (χ4v) is 2.20. The van der Waals surface area contributed by atoms with Crippen molar-refractivity contribution in [3.63, 3.8) is 0 Å². The summed E-state index contributed by atoms with van der Waals surface area (Å²) in [6.07, 6.45) is 4.88. The van der Waals surface area contributed by atoms with Crippen molar-refractivity contribution in [2.45, 2.75) is 52.0 Å². The van der Waals surface area contributed by atoms with E-state index in [1.807, 2.05) is 18.7 Å². The van der Waals surface area contributed by atoms with Gasteiger partial charge in [0, 0.05) is 18.5 Å². The van der Waals surface area contributed by atoms with Crippen molar-refractivity contribution in [2.75, 3.05) is 6.54 Å². The van der Waals surface area contributed by atoms with E-state index in [-0.39, 0.29) is 17.9 Å². The normalized spacial score (nSPS) is 16.7. The van der Waals surface area contributed by atoms with Gasteiger partial charge in [0.25, 0.3) is 0 Å². The monoisotopic (exact) mass is 208 g/mol. The van der Waals surface area contributed by atoms with E-state index in [4.69, 9.17) is 5.26 Å². The molecule has 0 N–H and O–H groups in total. The maximum absolute atomic E-state index is 12.1. The summed E-state index contributed by atoms with van der Waals surface area (Å²) >= 11 is 0. The number of carbonyl (C=O) groups is 1. The molecule has 84 valence electrons. The first-order valence-corrected chi connectivity index (χ1v) is 5.84. The Morgan fingerprint density at radius 2 is 2.07 bits per heavy atom. The van der Waals surface area contributed by atoms with Gasteiger partial charge in [-0.25, -0.2) is 0 Å². The second kappa shape index (κ2) is 5.75. The molecular formula is C12H20N2O. The molecule has 0 aromatic carbocycles. The van der Waals surface area contributed by atoms with Crippen molar-refractivity contribution < 1.29 is 4.79 Å². The second-order valence-electron chi connectivity index (χ2n) is 4.51. The van der Waals surface area contributed by atoms with Crippen LogP contribution in [0.2, 0.25) is 0 Å². The molecule has 3 heteroatoms. The summed E-state index contributed by atoms with van der Waals surface area (Å²) in [6.45, 7) is 4.62. The van der Waals surface area contributed by atoms with Crippen molar-refractivity contribution in [2.24, 2.45) is 5.92 Å². The summed E-state index contributed by atoms with van der Waals surface area (Å²) in [7, 11) is 0. The van der Waals surface area contributed by atoms with Gasteiger partial charge in [-0.1, -0.05) is 12.8 Å². The van der Waals surface area contributed by atoms with E-state index in [0.717, 1.165) is 12.8 Å². The zero-order chi connectivity index (χ0) is 11.3. The molecule has 0 aliphatic heterocycles. The van der Waals surface area contributed by atoms with Gasteiger partial charge in [0.05, 0.1) is 12.5 Å². The van der Waals surface area contributed by atoms with Gasteiger partial charge >= 0.3 is 0 Å². The number of hydrogen-bond acceptors (Lipinski definition) is 2. The van der Waals surface area contributed by atoms with Gasteiger partial charge in [-0.2, -0.15) is 5.26 Å². The smallest absolute Gasteiger partial charge is 0.225 e. The van der Waals surface area contributed by atoms with E-state index < -0.39 is 0 Å². The van der Waals surface area contributed by atoms with Crippen LogP contribution in [0.1, 0.15) is 46.0 Å². The molecule has 3 nitrogen and oxygen atoms in total. The van der Waals surface area contributed by atoms with E-state index in [0.29, 0.717) is 13.0 Å². The van der Waals surface area contributed by atoms with Crippen LogP contribution >= 0.6 is 0 Å². The van der Waals surface area contributed by atoms with Crippen molar-refractivity contribution in [3.8, 4) is 6.07 Å². The van der Waals surface area contributed by atoms with Crippen LogP contribution in [-0.4, -0.2) is 23.4 Å². The molecule has 0 unspecified atom stereocenters. The van der Waals surface area contributed by atoms with Gasteiger partial charge in [-0.3, -0.25) is 4.79 Å². The zero-order valence-corrected chi connectivity index (χ0v) is 9.70. The average Bonchev–Trinajstić information content (AvgIpc) is 2.70. The highest BCUT2D eigenvalue weighted by Crippen LogP contribution is 2.27. The van der Waals surface area contributed by atoms with Gasteiger partial charge in [-0.15, -0.1) is 0 Å². The maximum atomic E-state index is 12.1. The molecule has 1 amide bonds. The molecule has 0 spiro atoms. The molecule has 0 radical (unpaired) electrons. The number of nitrogens with zero attached hydrogens (tertiary/aromatic N) is 2. The highest BCUT2D eigenvalue weighted by Gasteiger charge is 2.28. The minimum absolute atomic E-state index is 0.214. The minimum atomic E-state index is 0.214. The summed E-state index contributed by atoms with van der Waals surface area (Å²) in [5, 5.41) is 8.56. The van der Waals surface area contributed by atoms with Gasteiger partial charge in [0.2, 0.25) is 5.91 Å². The van der Waals surface area contributed by atoms with E-state index in [1.54, 1.807) is 0 Å². The molecule has 1 aliphatic carbocycles. The quantitative estimate of drug-likeness (QED) is 0.711. The van der Waals surface area contributed by atoms with E-state index in [2.05, 4.69) is 6.07 Å². The van der Waals surface area contributed by atoms with Crippen LogP contribution in [0.4, 0.5) is 0 Å². The lowest BCUT2D eigenvalue weighted by Gasteiger charge is -2.28. The molecule has 0 heterocycles. The van der Waals surface area contributed by atoms with Crippen LogP contribution in [0.15, 0.2) is 0 Å². The van der Waals surface area contributed by atoms with Crippen LogP contribution in [0.5, 0.6) is 0 Å². The Balaban J connectivity index is 2.54. The molecule has 0 aromatic rings. The topological polar surface area (TPSA) is 44.1 Å². The Hall–Kier alpha value is -1.04. The van der Waals surface area contributed by atoms with Gasteiger partial charge in [0.15, 0.2) is 0 Å². The molecule has 1 saturated carbocycles. The first kappa shape index (κ1) is 12.0. The minimum Gasteiger partial charge on any atom is -0.339 e. The van der Waals surface area contributed by atoms with Crippen molar-refractivity contribution in [1.29, 1.82) is 5.26 Å². The standard InChI is InChI=1S/C12H20N2O/c1-10(2)14(9-5-8-13)12(15)11-6-3-4-7-11/h10-11H,3-7,9H2,1-2H3. The molecule has 0 bridgehead atoms. The Bertz CT molecular complexity index is 249. The molecule has 0 aromatic heterocycles. The maximum Gasteiger partial charge on any atom is 0.225 e. The molecule has 1 fully saturated rings. The van der Waals surface area contributed by atoms with Crippen molar-refractivity contribution in [3.05, 3.63) is 0 Å². The molecule has 15 heavy (non-hydrogen) atoms. The largest absolute Gasteiger partial charge is 0.339 e. The van der Waals surface area contributed by atoms with Crippen molar-refractivity contribution in [1.82, 2.24) is 4.90 Å². The Labute approximate surface area is 92.1 Å². The third-order valence-corrected chi connectivity index (χ3v) is 3.08. The van der Waals surface area contributed by atoms with Gasteiger partial charge in [-0.05, 0) is 26.7 Å². The lowest BCUT2D eigenvalue weighted by molar-refractivity contribution is -0.137. The predicted molar refractivity (Wildman–Crippen MR) is 59.0 cm³/mol. The Morgan fingerprint density at radius 1 is 1.47 bits per heavy atom. The second-order valence-corrected chi connectivity index (χ2v) is 4.51. The van der Waals surface area contributed by atoms with Gasteiger partial charge < -0.3 is 4.90 Å². The average molecular weight is 208 g/mol. The van der Waals surface area contributed by atoms with E-state index >= 15 is 0 Å². The Kier molecular flexibility index (Phi) is 4.61. The number of carbonyl (C=O) groups excluding carboxylic acids is 1. The van der Waals surface area contributed by atoms with Crippen LogP contribution in [0.3, 0.4) is 0 Å². The van der Waals surface area contributed by atoms with Crippen LogP contribution < -0.4 is 0 Å². The highest BCUT2D eigenvalue weighted by molar-refractivity contribution is 5.79. The molecule has 1 aliphatic rings. The van der Waals surface area contributed by atoms with Crippen molar-refractivity contribution >= 4 is 5.91 Å². The summed E-state index contributed by atoms with van der Waals surface area (Å²) in [4.78, 5) is 14.0. The molecule has 0 atom stereocenters. The predicted octanol–water partition coefficient (Wildman–Crippen LogP) is 2.33.